The first-order chi connectivity index (χ1) is 9.93. The van der Waals surface area contributed by atoms with Gasteiger partial charge in [0.2, 0.25) is 10.0 Å². The Bertz CT molecular complexity index is 886. The SMILES string of the molecule is Nc1ccc(Sc2nc3ccccc3o2)c(S(N)(=O)=O)c1. The highest BCUT2D eigenvalue weighted by Crippen LogP contribution is 2.34. The van der Waals surface area contributed by atoms with Crippen molar-refractivity contribution >= 4 is 38.6 Å². The van der Waals surface area contributed by atoms with Crippen LogP contribution in [0.4, 0.5) is 5.69 Å². The molecular weight excluding hydrogens is 310 g/mol. The van der Waals surface area contributed by atoms with E-state index in [1.54, 1.807) is 18.2 Å². The maximum absolute atomic E-state index is 11.6. The van der Waals surface area contributed by atoms with Crippen molar-refractivity contribution in [2.45, 2.75) is 15.0 Å². The maximum atomic E-state index is 11.6. The zero-order valence-corrected chi connectivity index (χ0v) is 12.3. The molecule has 0 atom stereocenters. The van der Waals surface area contributed by atoms with Gasteiger partial charge < -0.3 is 10.2 Å². The van der Waals surface area contributed by atoms with Crippen LogP contribution in [-0.4, -0.2) is 13.4 Å². The van der Waals surface area contributed by atoms with Crippen LogP contribution in [0.2, 0.25) is 0 Å². The number of nitrogens with two attached hydrogens (primary N) is 2. The molecular formula is C13H11N3O3S2. The Balaban J connectivity index is 2.05. The molecule has 0 aliphatic rings. The standard InChI is InChI=1S/C13H11N3O3S2/c14-8-5-6-11(12(7-8)21(15,17)18)20-13-16-9-3-1-2-4-10(9)19-13/h1-7H,14H2,(H2,15,17,18). The van der Waals surface area contributed by atoms with Crippen molar-refractivity contribution in [2.75, 3.05) is 5.73 Å². The van der Waals surface area contributed by atoms with Crippen LogP contribution in [0, 0.1) is 0 Å². The molecule has 1 aromatic heterocycles. The Hall–Kier alpha value is -2.03. The van der Waals surface area contributed by atoms with Crippen LogP contribution < -0.4 is 10.9 Å². The van der Waals surface area contributed by atoms with Gasteiger partial charge in [-0.2, -0.15) is 0 Å². The number of sulfonamides is 1. The average Bonchev–Trinajstić information content (AvgIpc) is 2.82. The average molecular weight is 321 g/mol. The van der Waals surface area contributed by atoms with Crippen molar-refractivity contribution in [3.8, 4) is 0 Å². The first-order valence-electron chi connectivity index (χ1n) is 5.89. The van der Waals surface area contributed by atoms with E-state index in [1.807, 2.05) is 18.2 Å². The van der Waals surface area contributed by atoms with Crippen molar-refractivity contribution in [1.82, 2.24) is 4.98 Å². The van der Waals surface area contributed by atoms with Crippen LogP contribution in [0.25, 0.3) is 11.1 Å². The highest BCUT2D eigenvalue weighted by atomic mass is 32.2. The molecule has 4 N–H and O–H groups in total. The Morgan fingerprint density at radius 1 is 1.14 bits per heavy atom. The van der Waals surface area contributed by atoms with E-state index >= 15 is 0 Å². The van der Waals surface area contributed by atoms with Gasteiger partial charge in [0.1, 0.15) is 5.52 Å². The Kier molecular flexibility index (Phi) is 3.36. The largest absolute Gasteiger partial charge is 0.431 e. The fourth-order valence-corrected chi connectivity index (χ4v) is 3.70. The third kappa shape index (κ3) is 2.87. The molecule has 0 aliphatic carbocycles. The minimum Gasteiger partial charge on any atom is -0.431 e. The molecule has 0 spiro atoms. The van der Waals surface area contributed by atoms with Crippen molar-refractivity contribution < 1.29 is 12.8 Å². The van der Waals surface area contributed by atoms with Gasteiger partial charge in [0.25, 0.3) is 5.22 Å². The highest BCUT2D eigenvalue weighted by Gasteiger charge is 2.17. The summed E-state index contributed by atoms with van der Waals surface area (Å²) in [5.74, 6) is 0. The normalized spacial score (nSPS) is 11.9. The number of nitrogen functional groups attached to an aromatic ring is 1. The van der Waals surface area contributed by atoms with Crippen molar-refractivity contribution in [1.29, 1.82) is 0 Å². The molecule has 3 aromatic rings. The molecule has 0 amide bonds. The number of benzene rings is 2. The van der Waals surface area contributed by atoms with Crippen LogP contribution in [0.5, 0.6) is 0 Å². The number of anilines is 1. The van der Waals surface area contributed by atoms with Gasteiger partial charge in [-0.3, -0.25) is 0 Å². The van der Waals surface area contributed by atoms with Gasteiger partial charge in [-0.15, -0.1) is 0 Å². The lowest BCUT2D eigenvalue weighted by Crippen LogP contribution is -2.13. The highest BCUT2D eigenvalue weighted by molar-refractivity contribution is 8.00. The second-order valence-corrected chi connectivity index (χ2v) is 6.82. The van der Waals surface area contributed by atoms with E-state index < -0.39 is 10.0 Å². The second-order valence-electron chi connectivity index (χ2n) is 4.30. The fourth-order valence-electron chi connectivity index (χ4n) is 1.82. The number of nitrogens with zero attached hydrogens (tertiary/aromatic N) is 1. The molecule has 8 heteroatoms. The van der Waals surface area contributed by atoms with Gasteiger partial charge in [-0.25, -0.2) is 18.5 Å². The molecule has 0 fully saturated rings. The number of rotatable bonds is 3. The lowest BCUT2D eigenvalue weighted by atomic mass is 10.3. The third-order valence-electron chi connectivity index (χ3n) is 2.75. The van der Waals surface area contributed by atoms with Crippen LogP contribution >= 0.6 is 11.8 Å². The molecule has 2 aromatic carbocycles. The van der Waals surface area contributed by atoms with Crippen molar-refractivity contribution in [3.05, 3.63) is 42.5 Å². The smallest absolute Gasteiger partial charge is 0.261 e. The second kappa shape index (κ2) is 5.06. The van der Waals surface area contributed by atoms with Gasteiger partial charge in [0.05, 0.1) is 4.90 Å². The first-order valence-corrected chi connectivity index (χ1v) is 8.25. The molecule has 0 saturated heterocycles. The summed E-state index contributed by atoms with van der Waals surface area (Å²) in [6.45, 7) is 0. The molecule has 21 heavy (non-hydrogen) atoms. The van der Waals surface area contributed by atoms with Gasteiger partial charge >= 0.3 is 0 Å². The van der Waals surface area contributed by atoms with Crippen molar-refractivity contribution in [3.63, 3.8) is 0 Å². The number of hydrogen-bond acceptors (Lipinski definition) is 6. The molecule has 0 saturated carbocycles. The topological polar surface area (TPSA) is 112 Å². The van der Waals surface area contributed by atoms with Crippen LogP contribution in [-0.2, 0) is 10.0 Å². The van der Waals surface area contributed by atoms with E-state index in [0.717, 1.165) is 11.8 Å². The van der Waals surface area contributed by atoms with E-state index in [0.29, 0.717) is 26.9 Å². The molecule has 0 unspecified atom stereocenters. The number of fused-ring (bicyclic) bond motifs is 1. The van der Waals surface area contributed by atoms with Crippen LogP contribution in [0.15, 0.2) is 61.9 Å². The maximum Gasteiger partial charge on any atom is 0.261 e. The van der Waals surface area contributed by atoms with E-state index in [2.05, 4.69) is 4.98 Å². The van der Waals surface area contributed by atoms with Gasteiger partial charge in [0, 0.05) is 10.6 Å². The predicted octanol–water partition coefficient (Wildman–Crippen LogP) is 2.21. The fraction of sp³-hybridized carbons (Fsp3) is 0. The van der Waals surface area contributed by atoms with Crippen LogP contribution in [0.1, 0.15) is 0 Å². The number of oxazole rings is 1. The van der Waals surface area contributed by atoms with E-state index in [-0.39, 0.29) is 4.90 Å². The zero-order chi connectivity index (χ0) is 15.0. The summed E-state index contributed by atoms with van der Waals surface area (Å²) in [4.78, 5) is 4.65. The summed E-state index contributed by atoms with van der Waals surface area (Å²) >= 11 is 1.08. The summed E-state index contributed by atoms with van der Waals surface area (Å²) in [6, 6.07) is 11.8. The van der Waals surface area contributed by atoms with Gasteiger partial charge in [0.15, 0.2) is 5.58 Å². The number of hydrogen-bond donors (Lipinski definition) is 2. The summed E-state index contributed by atoms with van der Waals surface area (Å²) in [6.07, 6.45) is 0. The van der Waals surface area contributed by atoms with Crippen molar-refractivity contribution in [2.24, 2.45) is 5.14 Å². The lowest BCUT2D eigenvalue weighted by Gasteiger charge is -2.06. The van der Waals surface area contributed by atoms with E-state index in [9.17, 15) is 8.42 Å². The molecule has 108 valence electrons. The summed E-state index contributed by atoms with van der Waals surface area (Å²) in [5, 5.41) is 5.55. The number of primary sulfonamides is 1. The Labute approximate surface area is 125 Å². The number of aromatic nitrogens is 1. The molecule has 0 aliphatic heterocycles. The lowest BCUT2D eigenvalue weighted by molar-refractivity contribution is 0.489. The van der Waals surface area contributed by atoms with E-state index in [4.69, 9.17) is 15.3 Å². The summed E-state index contributed by atoms with van der Waals surface area (Å²) in [5.41, 5.74) is 7.26. The molecule has 3 rings (SSSR count). The van der Waals surface area contributed by atoms with Gasteiger partial charge in [-0.05, 0) is 42.1 Å². The summed E-state index contributed by atoms with van der Waals surface area (Å²) in [7, 11) is -3.88. The monoisotopic (exact) mass is 321 g/mol. The minimum absolute atomic E-state index is 0.0465. The number of para-hydroxylation sites is 2. The molecule has 0 radical (unpaired) electrons. The molecule has 0 bridgehead atoms. The third-order valence-corrected chi connectivity index (χ3v) is 4.75. The quantitative estimate of drug-likeness (QED) is 0.715. The minimum atomic E-state index is -3.88. The van der Waals surface area contributed by atoms with Crippen LogP contribution in [0.3, 0.4) is 0 Å². The molecule has 1 heterocycles. The molecule has 6 nitrogen and oxygen atoms in total. The Morgan fingerprint density at radius 3 is 2.62 bits per heavy atom. The zero-order valence-electron chi connectivity index (χ0n) is 10.7. The van der Waals surface area contributed by atoms with E-state index in [1.165, 1.54) is 6.07 Å². The van der Waals surface area contributed by atoms with Gasteiger partial charge in [-0.1, -0.05) is 12.1 Å². The Morgan fingerprint density at radius 2 is 1.90 bits per heavy atom. The first kappa shape index (κ1) is 13.9. The predicted molar refractivity (Wildman–Crippen MR) is 80.4 cm³/mol. The summed E-state index contributed by atoms with van der Waals surface area (Å²) < 4.78 is 28.8.